The molecule has 0 aliphatic heterocycles. The van der Waals surface area contributed by atoms with Gasteiger partial charge in [0.25, 0.3) is 0 Å². The van der Waals surface area contributed by atoms with Crippen LogP contribution in [0, 0.1) is 0 Å². The zero-order chi connectivity index (χ0) is 9.19. The van der Waals surface area contributed by atoms with E-state index in [2.05, 4.69) is 10.2 Å². The number of aromatic nitrogens is 2. The van der Waals surface area contributed by atoms with Crippen molar-refractivity contribution in [2.24, 2.45) is 0 Å². The standard InChI is InChI=1S/C6H11N3O2S/c1-3-9(2)12(10,11)6-4-7-8-5-6/h4-5H,3H2,1-2H3,(H,7,8). The van der Waals surface area contributed by atoms with Crippen molar-refractivity contribution in [3.05, 3.63) is 12.4 Å². The Balaban J connectivity index is 3.03. The molecule has 0 unspecified atom stereocenters. The fourth-order valence-corrected chi connectivity index (χ4v) is 1.82. The predicted octanol–water partition coefficient (Wildman–Crippen LogP) is 0.0501. The summed E-state index contributed by atoms with van der Waals surface area (Å²) in [7, 11) is -1.78. The first-order chi connectivity index (χ1) is 5.59. The number of rotatable bonds is 3. The van der Waals surface area contributed by atoms with Gasteiger partial charge in [-0.25, -0.2) is 12.7 Å². The molecular weight excluding hydrogens is 178 g/mol. The number of sulfonamides is 1. The highest BCUT2D eigenvalue weighted by molar-refractivity contribution is 7.89. The van der Waals surface area contributed by atoms with Gasteiger partial charge in [0.15, 0.2) is 0 Å². The van der Waals surface area contributed by atoms with E-state index in [1.54, 1.807) is 6.92 Å². The summed E-state index contributed by atoms with van der Waals surface area (Å²) in [5.41, 5.74) is 0. The molecular formula is C6H11N3O2S. The van der Waals surface area contributed by atoms with Gasteiger partial charge in [-0.3, -0.25) is 5.10 Å². The van der Waals surface area contributed by atoms with Crippen LogP contribution >= 0.6 is 0 Å². The summed E-state index contributed by atoms with van der Waals surface area (Å²) in [5, 5.41) is 6.03. The van der Waals surface area contributed by atoms with Crippen LogP contribution in [0.3, 0.4) is 0 Å². The Labute approximate surface area is 71.4 Å². The van der Waals surface area contributed by atoms with Gasteiger partial charge in [0.1, 0.15) is 4.90 Å². The number of aromatic amines is 1. The van der Waals surface area contributed by atoms with Gasteiger partial charge in [0, 0.05) is 19.8 Å². The number of hydrogen-bond acceptors (Lipinski definition) is 3. The minimum atomic E-state index is -3.31. The lowest BCUT2D eigenvalue weighted by Gasteiger charge is -2.12. The fourth-order valence-electron chi connectivity index (χ4n) is 0.730. The van der Waals surface area contributed by atoms with Crippen LogP contribution in [0.1, 0.15) is 6.92 Å². The summed E-state index contributed by atoms with van der Waals surface area (Å²) in [6, 6.07) is 0. The summed E-state index contributed by atoms with van der Waals surface area (Å²) >= 11 is 0. The van der Waals surface area contributed by atoms with Crippen molar-refractivity contribution in [1.29, 1.82) is 0 Å². The van der Waals surface area contributed by atoms with Gasteiger partial charge in [-0.1, -0.05) is 6.92 Å². The molecule has 0 saturated heterocycles. The monoisotopic (exact) mass is 189 g/mol. The Morgan fingerprint density at radius 2 is 2.33 bits per heavy atom. The van der Waals surface area contributed by atoms with E-state index < -0.39 is 10.0 Å². The normalized spacial score (nSPS) is 12.2. The number of nitrogens with one attached hydrogen (secondary N) is 1. The van der Waals surface area contributed by atoms with Crippen LogP contribution in [0.15, 0.2) is 17.3 Å². The van der Waals surface area contributed by atoms with E-state index in [1.807, 2.05) is 0 Å². The summed E-state index contributed by atoms with van der Waals surface area (Å²) in [6.45, 7) is 2.23. The van der Waals surface area contributed by atoms with Crippen molar-refractivity contribution in [3.8, 4) is 0 Å². The van der Waals surface area contributed by atoms with E-state index >= 15 is 0 Å². The Hall–Kier alpha value is -0.880. The summed E-state index contributed by atoms with van der Waals surface area (Å²) in [4.78, 5) is 0.201. The Kier molecular flexibility index (Phi) is 2.49. The first-order valence-electron chi connectivity index (χ1n) is 3.54. The van der Waals surface area contributed by atoms with Gasteiger partial charge < -0.3 is 0 Å². The van der Waals surface area contributed by atoms with Crippen LogP contribution in [0.25, 0.3) is 0 Å². The van der Waals surface area contributed by atoms with Crippen molar-refractivity contribution in [2.75, 3.05) is 13.6 Å². The summed E-state index contributed by atoms with van der Waals surface area (Å²) in [6.07, 6.45) is 2.66. The van der Waals surface area contributed by atoms with Crippen LogP contribution in [-0.2, 0) is 10.0 Å². The smallest absolute Gasteiger partial charge is 0.245 e. The SMILES string of the molecule is CCN(C)S(=O)(=O)c1cn[nH]c1. The highest BCUT2D eigenvalue weighted by Crippen LogP contribution is 2.10. The third-order valence-electron chi connectivity index (χ3n) is 1.63. The van der Waals surface area contributed by atoms with Gasteiger partial charge in [0.2, 0.25) is 10.0 Å². The predicted molar refractivity (Wildman–Crippen MR) is 44.1 cm³/mol. The largest absolute Gasteiger partial charge is 0.284 e. The molecule has 68 valence electrons. The molecule has 12 heavy (non-hydrogen) atoms. The van der Waals surface area contributed by atoms with E-state index in [0.29, 0.717) is 6.54 Å². The van der Waals surface area contributed by atoms with Gasteiger partial charge in [0.05, 0.1) is 6.20 Å². The molecule has 0 fully saturated rings. The molecule has 0 saturated carbocycles. The molecule has 5 nitrogen and oxygen atoms in total. The van der Waals surface area contributed by atoms with Crippen LogP contribution < -0.4 is 0 Å². The quantitative estimate of drug-likeness (QED) is 0.730. The van der Waals surface area contributed by atoms with E-state index in [4.69, 9.17) is 0 Å². The summed E-state index contributed by atoms with van der Waals surface area (Å²) < 4.78 is 24.2. The molecule has 1 N–H and O–H groups in total. The molecule has 0 atom stereocenters. The van der Waals surface area contributed by atoms with E-state index in [-0.39, 0.29) is 4.90 Å². The Bertz CT molecular complexity index is 330. The average molecular weight is 189 g/mol. The molecule has 1 heterocycles. The third-order valence-corrected chi connectivity index (χ3v) is 3.52. The van der Waals surface area contributed by atoms with Gasteiger partial charge >= 0.3 is 0 Å². The first-order valence-corrected chi connectivity index (χ1v) is 4.98. The molecule has 0 aromatic carbocycles. The fraction of sp³-hybridized carbons (Fsp3) is 0.500. The van der Waals surface area contributed by atoms with Crippen molar-refractivity contribution < 1.29 is 8.42 Å². The number of hydrogen-bond donors (Lipinski definition) is 1. The van der Waals surface area contributed by atoms with Crippen molar-refractivity contribution in [1.82, 2.24) is 14.5 Å². The van der Waals surface area contributed by atoms with Crippen molar-refractivity contribution >= 4 is 10.0 Å². The maximum Gasteiger partial charge on any atom is 0.245 e. The van der Waals surface area contributed by atoms with E-state index in [1.165, 1.54) is 23.7 Å². The second kappa shape index (κ2) is 3.24. The van der Waals surface area contributed by atoms with E-state index in [0.717, 1.165) is 0 Å². The Morgan fingerprint density at radius 1 is 1.67 bits per heavy atom. The van der Waals surface area contributed by atoms with Crippen LogP contribution in [0.4, 0.5) is 0 Å². The third kappa shape index (κ3) is 1.49. The van der Waals surface area contributed by atoms with Gasteiger partial charge in [-0.05, 0) is 0 Å². The lowest BCUT2D eigenvalue weighted by atomic mass is 10.7. The first kappa shape index (κ1) is 9.21. The van der Waals surface area contributed by atoms with Crippen molar-refractivity contribution in [3.63, 3.8) is 0 Å². The second-order valence-electron chi connectivity index (χ2n) is 2.35. The minimum absolute atomic E-state index is 0.201. The lowest BCUT2D eigenvalue weighted by Crippen LogP contribution is -2.26. The average Bonchev–Trinajstić information content (AvgIpc) is 2.55. The Morgan fingerprint density at radius 3 is 2.75 bits per heavy atom. The minimum Gasteiger partial charge on any atom is -0.284 e. The highest BCUT2D eigenvalue weighted by atomic mass is 32.2. The molecule has 0 bridgehead atoms. The van der Waals surface area contributed by atoms with E-state index in [9.17, 15) is 8.42 Å². The molecule has 1 rings (SSSR count). The van der Waals surface area contributed by atoms with Crippen LogP contribution in [0.5, 0.6) is 0 Å². The highest BCUT2D eigenvalue weighted by Gasteiger charge is 2.19. The van der Waals surface area contributed by atoms with Crippen LogP contribution in [-0.4, -0.2) is 36.5 Å². The molecule has 0 aliphatic rings. The molecule has 0 radical (unpaired) electrons. The second-order valence-corrected chi connectivity index (χ2v) is 4.40. The van der Waals surface area contributed by atoms with Crippen molar-refractivity contribution in [2.45, 2.75) is 11.8 Å². The summed E-state index contributed by atoms with van der Waals surface area (Å²) in [5.74, 6) is 0. The molecule has 0 aliphatic carbocycles. The van der Waals surface area contributed by atoms with Gasteiger partial charge in [-0.15, -0.1) is 0 Å². The van der Waals surface area contributed by atoms with Crippen LogP contribution in [0.2, 0.25) is 0 Å². The molecule has 0 spiro atoms. The number of H-pyrrole nitrogens is 1. The molecule has 0 amide bonds. The molecule has 6 heteroatoms. The topological polar surface area (TPSA) is 66.1 Å². The molecule has 1 aromatic heterocycles. The van der Waals surface area contributed by atoms with Gasteiger partial charge in [-0.2, -0.15) is 5.10 Å². The lowest BCUT2D eigenvalue weighted by molar-refractivity contribution is 0.486. The zero-order valence-electron chi connectivity index (χ0n) is 6.98. The zero-order valence-corrected chi connectivity index (χ0v) is 7.80. The molecule has 1 aromatic rings. The maximum absolute atomic E-state index is 11.5. The number of nitrogens with zero attached hydrogens (tertiary/aromatic N) is 2. The maximum atomic E-state index is 11.5.